The fourth-order valence-corrected chi connectivity index (χ4v) is 4.30. The van der Waals surface area contributed by atoms with E-state index in [0.29, 0.717) is 43.4 Å². The molecule has 1 unspecified atom stereocenters. The minimum atomic E-state index is -0.423. The Bertz CT molecular complexity index is 1350. The summed E-state index contributed by atoms with van der Waals surface area (Å²) in [6, 6.07) is 24.3. The molecule has 0 N–H and O–H groups in total. The third-order valence-corrected chi connectivity index (χ3v) is 6.39. The second-order valence-corrected chi connectivity index (χ2v) is 8.93. The van der Waals surface area contributed by atoms with E-state index < -0.39 is 6.09 Å². The number of benzene rings is 3. The zero-order valence-electron chi connectivity index (χ0n) is 22.6. The molecule has 7 nitrogen and oxygen atoms in total. The van der Waals surface area contributed by atoms with Crippen LogP contribution in [0.25, 0.3) is 11.5 Å². The Morgan fingerprint density at radius 3 is 2.31 bits per heavy atom. The first-order valence-corrected chi connectivity index (χ1v) is 13.0. The Balaban J connectivity index is 1.37. The van der Waals surface area contributed by atoms with Crippen LogP contribution in [-0.4, -0.2) is 36.2 Å². The fraction of sp³-hybridized carbons (Fsp3) is 0.250. The molecule has 4 aromatic rings. The zero-order chi connectivity index (χ0) is 27.6. The van der Waals surface area contributed by atoms with Gasteiger partial charge in [0.1, 0.15) is 23.0 Å². The second-order valence-electron chi connectivity index (χ2n) is 8.93. The summed E-state index contributed by atoms with van der Waals surface area (Å²) in [5, 5.41) is 0. The Morgan fingerprint density at radius 2 is 1.67 bits per heavy atom. The minimum absolute atomic E-state index is 0.221. The molecule has 1 heterocycles. The van der Waals surface area contributed by atoms with Gasteiger partial charge >= 0.3 is 6.09 Å². The van der Waals surface area contributed by atoms with E-state index in [2.05, 4.69) is 11.6 Å². The third-order valence-electron chi connectivity index (χ3n) is 6.39. The molecule has 0 spiro atoms. The molecule has 202 valence electrons. The Morgan fingerprint density at radius 1 is 1.00 bits per heavy atom. The number of carbonyl (C=O) groups excluding carboxylic acids is 1. The summed E-state index contributed by atoms with van der Waals surface area (Å²) in [5.41, 5.74) is 2.80. The molecule has 3 aromatic carbocycles. The average molecular weight is 527 g/mol. The molecular weight excluding hydrogens is 492 g/mol. The van der Waals surface area contributed by atoms with Gasteiger partial charge in [-0.1, -0.05) is 36.4 Å². The molecule has 7 heteroatoms. The Labute approximate surface area is 229 Å². The SMILES string of the molecule is C=CCC(c1ccc(OCCc2nc(-c3ccccc3)oc2C)cc1)N(CC)C(=O)Oc1ccc(OC)cc1. The lowest BCUT2D eigenvalue weighted by atomic mass is 10.0. The van der Waals surface area contributed by atoms with E-state index in [1.54, 1.807) is 36.3 Å². The van der Waals surface area contributed by atoms with Gasteiger partial charge < -0.3 is 23.5 Å². The normalized spacial score (nSPS) is 11.5. The van der Waals surface area contributed by atoms with Gasteiger partial charge in [-0.05, 0) is 74.4 Å². The van der Waals surface area contributed by atoms with Crippen LogP contribution in [0.15, 0.2) is 95.9 Å². The second kappa shape index (κ2) is 13.3. The van der Waals surface area contributed by atoms with E-state index in [-0.39, 0.29) is 6.04 Å². The molecule has 4 rings (SSSR count). The van der Waals surface area contributed by atoms with Crippen LogP contribution >= 0.6 is 0 Å². The predicted octanol–water partition coefficient (Wildman–Crippen LogP) is 7.42. The summed E-state index contributed by atoms with van der Waals surface area (Å²) in [6.07, 6.45) is 2.60. The van der Waals surface area contributed by atoms with Crippen molar-refractivity contribution < 1.29 is 23.4 Å². The highest BCUT2D eigenvalue weighted by atomic mass is 16.6. The molecule has 0 aliphatic carbocycles. The molecule has 39 heavy (non-hydrogen) atoms. The van der Waals surface area contributed by atoms with Gasteiger partial charge in [-0.2, -0.15) is 0 Å². The van der Waals surface area contributed by atoms with Crippen molar-refractivity contribution >= 4 is 6.09 Å². The summed E-state index contributed by atoms with van der Waals surface area (Å²) in [4.78, 5) is 19.4. The molecule has 0 aliphatic rings. The number of hydrogen-bond acceptors (Lipinski definition) is 6. The van der Waals surface area contributed by atoms with Crippen molar-refractivity contribution in [2.24, 2.45) is 0 Å². The number of carbonyl (C=O) groups is 1. The Hall–Kier alpha value is -4.52. The van der Waals surface area contributed by atoms with Crippen LogP contribution in [-0.2, 0) is 6.42 Å². The molecule has 0 aliphatic heterocycles. The monoisotopic (exact) mass is 526 g/mol. The summed E-state index contributed by atoms with van der Waals surface area (Å²) in [5.74, 6) is 3.30. The molecule has 0 radical (unpaired) electrons. The van der Waals surface area contributed by atoms with Gasteiger partial charge in [0.2, 0.25) is 5.89 Å². The predicted molar refractivity (Wildman–Crippen MR) is 151 cm³/mol. The topological polar surface area (TPSA) is 74.0 Å². The van der Waals surface area contributed by atoms with Crippen LogP contribution in [0.5, 0.6) is 17.2 Å². The summed E-state index contributed by atoms with van der Waals surface area (Å²) < 4.78 is 22.6. The van der Waals surface area contributed by atoms with E-state index in [9.17, 15) is 4.79 Å². The first kappa shape index (κ1) is 27.5. The molecule has 1 aromatic heterocycles. The molecule has 0 bridgehead atoms. The molecule has 0 saturated heterocycles. The maximum atomic E-state index is 13.1. The van der Waals surface area contributed by atoms with Gasteiger partial charge in [-0.15, -0.1) is 6.58 Å². The van der Waals surface area contributed by atoms with Crippen LogP contribution in [0, 0.1) is 6.92 Å². The maximum absolute atomic E-state index is 13.1. The van der Waals surface area contributed by atoms with E-state index in [4.69, 9.17) is 18.6 Å². The van der Waals surface area contributed by atoms with E-state index >= 15 is 0 Å². The van der Waals surface area contributed by atoms with Crippen LogP contribution < -0.4 is 14.2 Å². The van der Waals surface area contributed by atoms with E-state index in [0.717, 1.165) is 28.3 Å². The Kier molecular flexibility index (Phi) is 9.40. The van der Waals surface area contributed by atoms with Crippen LogP contribution in [0.4, 0.5) is 4.79 Å². The van der Waals surface area contributed by atoms with Gasteiger partial charge in [0.25, 0.3) is 0 Å². The van der Waals surface area contributed by atoms with Crippen molar-refractivity contribution in [2.75, 3.05) is 20.3 Å². The van der Waals surface area contributed by atoms with Crippen molar-refractivity contribution in [2.45, 2.75) is 32.7 Å². The number of aromatic nitrogens is 1. The van der Waals surface area contributed by atoms with Crippen molar-refractivity contribution in [1.29, 1.82) is 0 Å². The largest absolute Gasteiger partial charge is 0.497 e. The number of rotatable bonds is 12. The highest BCUT2D eigenvalue weighted by molar-refractivity contribution is 5.71. The molecule has 1 atom stereocenters. The first-order chi connectivity index (χ1) is 19.0. The highest BCUT2D eigenvalue weighted by Crippen LogP contribution is 2.28. The highest BCUT2D eigenvalue weighted by Gasteiger charge is 2.25. The molecule has 0 saturated carbocycles. The quantitative estimate of drug-likeness (QED) is 0.179. The summed E-state index contributed by atoms with van der Waals surface area (Å²) >= 11 is 0. The number of amides is 1. The number of ether oxygens (including phenoxy) is 3. The third kappa shape index (κ3) is 7.08. The fourth-order valence-electron chi connectivity index (χ4n) is 4.30. The standard InChI is InChI=1S/C32H34N2O5/c1-5-10-30(34(6-2)32(35)39-28-19-17-26(36-4)18-20-28)24-13-15-27(16-14-24)37-22-21-29-23(3)38-31(33-29)25-11-8-7-9-12-25/h5,7-9,11-20,30H,1,6,10,21-22H2,2-4H3. The van der Waals surface area contributed by atoms with Gasteiger partial charge in [-0.25, -0.2) is 9.78 Å². The van der Waals surface area contributed by atoms with Gasteiger partial charge in [0.05, 0.1) is 25.5 Å². The lowest BCUT2D eigenvalue weighted by Gasteiger charge is -2.30. The van der Waals surface area contributed by atoms with Crippen molar-refractivity contribution in [1.82, 2.24) is 9.88 Å². The molecule has 0 fully saturated rings. The van der Waals surface area contributed by atoms with Gasteiger partial charge in [0, 0.05) is 18.5 Å². The van der Waals surface area contributed by atoms with Crippen molar-refractivity contribution in [3.05, 3.63) is 109 Å². The average Bonchev–Trinajstić information content (AvgIpc) is 3.34. The lowest BCUT2D eigenvalue weighted by molar-refractivity contribution is 0.134. The van der Waals surface area contributed by atoms with Crippen LogP contribution in [0.1, 0.15) is 36.4 Å². The van der Waals surface area contributed by atoms with Crippen molar-refractivity contribution in [3.63, 3.8) is 0 Å². The number of oxazole rings is 1. The van der Waals surface area contributed by atoms with Gasteiger partial charge in [-0.3, -0.25) is 0 Å². The van der Waals surface area contributed by atoms with Gasteiger partial charge in [0.15, 0.2) is 0 Å². The summed E-state index contributed by atoms with van der Waals surface area (Å²) in [7, 11) is 1.59. The number of methoxy groups -OCH3 is 1. The van der Waals surface area contributed by atoms with Crippen LogP contribution in [0.3, 0.4) is 0 Å². The number of aryl methyl sites for hydroxylation is 1. The number of nitrogens with zero attached hydrogens (tertiary/aromatic N) is 2. The van der Waals surface area contributed by atoms with E-state index in [1.165, 1.54) is 0 Å². The van der Waals surface area contributed by atoms with Crippen molar-refractivity contribution in [3.8, 4) is 28.7 Å². The van der Waals surface area contributed by atoms with Crippen LogP contribution in [0.2, 0.25) is 0 Å². The van der Waals surface area contributed by atoms with E-state index in [1.807, 2.05) is 74.5 Å². The smallest absolute Gasteiger partial charge is 0.415 e. The molecular formula is C32H34N2O5. The summed E-state index contributed by atoms with van der Waals surface area (Å²) in [6.45, 7) is 8.68. The number of hydrogen-bond donors (Lipinski definition) is 0. The zero-order valence-corrected chi connectivity index (χ0v) is 22.6. The lowest BCUT2D eigenvalue weighted by Crippen LogP contribution is -2.36. The minimum Gasteiger partial charge on any atom is -0.497 e. The molecule has 1 amide bonds. The maximum Gasteiger partial charge on any atom is 0.415 e. The first-order valence-electron chi connectivity index (χ1n) is 13.0.